The molecule has 0 aromatic carbocycles. The standard InChI is InChI=1S/C13H10N2OS/c1-9-4-13(17-14-9)11-6-12-5-10(8-16)2-3-15(12)7-11/h2-8H,1H3. The van der Waals surface area contributed by atoms with Gasteiger partial charge in [-0.2, -0.15) is 4.37 Å². The molecule has 0 saturated heterocycles. The van der Waals surface area contributed by atoms with Crippen LogP contribution < -0.4 is 0 Å². The quantitative estimate of drug-likeness (QED) is 0.647. The highest BCUT2D eigenvalue weighted by atomic mass is 32.1. The van der Waals surface area contributed by atoms with Crippen molar-refractivity contribution in [2.75, 3.05) is 0 Å². The minimum atomic E-state index is 0.697. The van der Waals surface area contributed by atoms with E-state index in [0.717, 1.165) is 27.9 Å². The first-order chi connectivity index (χ1) is 8.26. The van der Waals surface area contributed by atoms with Gasteiger partial charge in [0, 0.05) is 29.0 Å². The highest BCUT2D eigenvalue weighted by molar-refractivity contribution is 7.09. The number of pyridine rings is 1. The molecule has 84 valence electrons. The van der Waals surface area contributed by atoms with Crippen LogP contribution in [0.1, 0.15) is 16.1 Å². The highest BCUT2D eigenvalue weighted by Crippen LogP contribution is 2.27. The van der Waals surface area contributed by atoms with Crippen LogP contribution in [0.4, 0.5) is 0 Å². The lowest BCUT2D eigenvalue weighted by molar-refractivity contribution is 0.112. The van der Waals surface area contributed by atoms with Gasteiger partial charge in [0.1, 0.15) is 6.29 Å². The van der Waals surface area contributed by atoms with Crippen molar-refractivity contribution in [2.24, 2.45) is 0 Å². The van der Waals surface area contributed by atoms with Crippen LogP contribution >= 0.6 is 11.5 Å². The van der Waals surface area contributed by atoms with Gasteiger partial charge in [-0.3, -0.25) is 4.79 Å². The maximum atomic E-state index is 10.7. The van der Waals surface area contributed by atoms with E-state index in [4.69, 9.17) is 0 Å². The van der Waals surface area contributed by atoms with E-state index in [2.05, 4.69) is 22.7 Å². The minimum Gasteiger partial charge on any atom is -0.323 e. The van der Waals surface area contributed by atoms with Gasteiger partial charge in [-0.1, -0.05) is 0 Å². The monoisotopic (exact) mass is 242 g/mol. The molecule has 0 atom stereocenters. The number of hydrogen-bond acceptors (Lipinski definition) is 3. The number of aryl methyl sites for hydroxylation is 1. The van der Waals surface area contributed by atoms with Crippen LogP contribution in [-0.2, 0) is 0 Å². The topological polar surface area (TPSA) is 34.4 Å². The summed E-state index contributed by atoms with van der Waals surface area (Å²) >= 11 is 1.49. The molecule has 17 heavy (non-hydrogen) atoms. The molecule has 0 saturated carbocycles. The summed E-state index contributed by atoms with van der Waals surface area (Å²) in [7, 11) is 0. The average Bonchev–Trinajstić information content (AvgIpc) is 2.93. The molecule has 0 N–H and O–H groups in total. The van der Waals surface area contributed by atoms with Gasteiger partial charge in [0.05, 0.1) is 10.6 Å². The third kappa shape index (κ3) is 1.76. The maximum Gasteiger partial charge on any atom is 0.150 e. The summed E-state index contributed by atoms with van der Waals surface area (Å²) in [5.74, 6) is 0. The van der Waals surface area contributed by atoms with Crippen molar-refractivity contribution in [3.63, 3.8) is 0 Å². The Morgan fingerprint density at radius 1 is 1.35 bits per heavy atom. The molecule has 0 aliphatic heterocycles. The number of carbonyl (C=O) groups is 1. The molecule has 0 aliphatic carbocycles. The van der Waals surface area contributed by atoms with Crippen LogP contribution in [0.3, 0.4) is 0 Å². The van der Waals surface area contributed by atoms with Crippen LogP contribution in [-0.4, -0.2) is 15.1 Å². The van der Waals surface area contributed by atoms with Crippen LogP contribution in [0, 0.1) is 6.92 Å². The lowest BCUT2D eigenvalue weighted by atomic mass is 10.2. The Bertz CT molecular complexity index is 696. The van der Waals surface area contributed by atoms with Gasteiger partial charge in [-0.05, 0) is 42.7 Å². The zero-order chi connectivity index (χ0) is 11.8. The first-order valence-electron chi connectivity index (χ1n) is 5.27. The number of carbonyl (C=O) groups excluding carboxylic acids is 1. The zero-order valence-corrected chi connectivity index (χ0v) is 10.1. The predicted molar refractivity (Wildman–Crippen MR) is 68.6 cm³/mol. The Morgan fingerprint density at radius 2 is 2.24 bits per heavy atom. The maximum absolute atomic E-state index is 10.7. The molecule has 0 fully saturated rings. The smallest absolute Gasteiger partial charge is 0.150 e. The summed E-state index contributed by atoms with van der Waals surface area (Å²) < 4.78 is 6.28. The molecular weight excluding hydrogens is 232 g/mol. The number of rotatable bonds is 2. The van der Waals surface area contributed by atoms with Gasteiger partial charge >= 0.3 is 0 Å². The third-order valence-electron chi connectivity index (χ3n) is 2.67. The highest BCUT2D eigenvalue weighted by Gasteiger charge is 2.05. The fourth-order valence-electron chi connectivity index (χ4n) is 1.83. The molecular formula is C13H10N2OS. The Balaban J connectivity index is 2.16. The second kappa shape index (κ2) is 3.82. The van der Waals surface area contributed by atoms with Crippen molar-refractivity contribution in [1.82, 2.24) is 8.77 Å². The van der Waals surface area contributed by atoms with Crippen molar-refractivity contribution in [1.29, 1.82) is 0 Å². The predicted octanol–water partition coefficient (Wildman–Crippen LogP) is 3.18. The summed E-state index contributed by atoms with van der Waals surface area (Å²) in [5, 5.41) is 0. The molecule has 3 rings (SSSR count). The normalized spacial score (nSPS) is 10.9. The van der Waals surface area contributed by atoms with Crippen LogP contribution in [0.5, 0.6) is 0 Å². The molecule has 0 spiro atoms. The summed E-state index contributed by atoms with van der Waals surface area (Å²) in [6.07, 6.45) is 4.82. The minimum absolute atomic E-state index is 0.697. The van der Waals surface area contributed by atoms with Gasteiger partial charge in [0.15, 0.2) is 0 Å². The van der Waals surface area contributed by atoms with E-state index in [9.17, 15) is 4.79 Å². The van der Waals surface area contributed by atoms with E-state index >= 15 is 0 Å². The SMILES string of the molecule is Cc1cc(-c2cc3cc(C=O)ccn3c2)sn1. The van der Waals surface area contributed by atoms with Crippen LogP contribution in [0.2, 0.25) is 0 Å². The zero-order valence-electron chi connectivity index (χ0n) is 9.25. The molecule has 3 aromatic heterocycles. The summed E-state index contributed by atoms with van der Waals surface area (Å²) in [4.78, 5) is 11.9. The Labute approximate surface area is 102 Å². The third-order valence-corrected chi connectivity index (χ3v) is 3.60. The van der Waals surface area contributed by atoms with Gasteiger partial charge in [-0.15, -0.1) is 0 Å². The van der Waals surface area contributed by atoms with Gasteiger partial charge in [-0.25, -0.2) is 0 Å². The fraction of sp³-hybridized carbons (Fsp3) is 0.0769. The van der Waals surface area contributed by atoms with Crippen molar-refractivity contribution >= 4 is 23.3 Å². The van der Waals surface area contributed by atoms with E-state index < -0.39 is 0 Å². The first kappa shape index (κ1) is 10.2. The van der Waals surface area contributed by atoms with E-state index in [1.807, 2.05) is 29.7 Å². The molecule has 4 heteroatoms. The lowest BCUT2D eigenvalue weighted by Gasteiger charge is -1.93. The molecule has 0 unspecified atom stereocenters. The number of aromatic nitrogens is 2. The van der Waals surface area contributed by atoms with Crippen molar-refractivity contribution in [3.05, 3.63) is 47.9 Å². The van der Waals surface area contributed by atoms with Crippen LogP contribution in [0.15, 0.2) is 36.7 Å². The Hall–Kier alpha value is -1.94. The summed E-state index contributed by atoms with van der Waals surface area (Å²) in [6.45, 7) is 1.99. The number of fused-ring (bicyclic) bond motifs is 1. The van der Waals surface area contributed by atoms with Crippen molar-refractivity contribution in [3.8, 4) is 10.4 Å². The molecule has 0 amide bonds. The average molecular weight is 242 g/mol. The van der Waals surface area contributed by atoms with Gasteiger partial charge in [0.2, 0.25) is 0 Å². The number of hydrogen-bond donors (Lipinski definition) is 0. The van der Waals surface area contributed by atoms with E-state index in [1.165, 1.54) is 11.5 Å². The van der Waals surface area contributed by atoms with Crippen molar-refractivity contribution < 1.29 is 4.79 Å². The van der Waals surface area contributed by atoms with Gasteiger partial charge in [0.25, 0.3) is 0 Å². The Morgan fingerprint density at radius 3 is 2.94 bits per heavy atom. The van der Waals surface area contributed by atoms with Gasteiger partial charge < -0.3 is 4.40 Å². The van der Waals surface area contributed by atoms with E-state index in [1.54, 1.807) is 0 Å². The molecule has 0 bridgehead atoms. The molecule has 3 nitrogen and oxygen atoms in total. The molecule has 3 heterocycles. The Kier molecular flexibility index (Phi) is 2.30. The molecule has 0 radical (unpaired) electrons. The second-order valence-corrected chi connectivity index (χ2v) is 4.78. The fourth-order valence-corrected chi connectivity index (χ4v) is 2.57. The first-order valence-corrected chi connectivity index (χ1v) is 6.04. The number of aldehydes is 1. The van der Waals surface area contributed by atoms with Crippen LogP contribution in [0.25, 0.3) is 16.0 Å². The largest absolute Gasteiger partial charge is 0.323 e. The van der Waals surface area contributed by atoms with Crippen molar-refractivity contribution in [2.45, 2.75) is 6.92 Å². The lowest BCUT2D eigenvalue weighted by Crippen LogP contribution is -1.84. The summed E-state index contributed by atoms with van der Waals surface area (Å²) in [6, 6.07) is 7.83. The van der Waals surface area contributed by atoms with E-state index in [-0.39, 0.29) is 0 Å². The molecule has 0 aliphatic rings. The number of nitrogens with zero attached hydrogens (tertiary/aromatic N) is 2. The second-order valence-electron chi connectivity index (χ2n) is 3.97. The molecule has 3 aromatic rings. The van der Waals surface area contributed by atoms with E-state index in [0.29, 0.717) is 5.56 Å². The summed E-state index contributed by atoms with van der Waals surface area (Å²) in [5.41, 5.74) is 3.89.